The smallest absolute Gasteiger partial charge is 0.0238 e. The van der Waals surface area contributed by atoms with Crippen LogP contribution in [0, 0.1) is 0 Å². The first-order valence-corrected chi connectivity index (χ1v) is 6.26. The minimum Gasteiger partial charge on any atom is -0.405 e. The summed E-state index contributed by atoms with van der Waals surface area (Å²) in [5, 5.41) is 6.84. The summed E-state index contributed by atoms with van der Waals surface area (Å²) in [5.74, 6) is 0. The topological polar surface area (TPSA) is 76.1 Å². The van der Waals surface area contributed by atoms with E-state index in [1.54, 1.807) is 6.20 Å². The number of rotatable bonds is 10. The van der Waals surface area contributed by atoms with Crippen LogP contribution in [0.1, 0.15) is 33.1 Å². The van der Waals surface area contributed by atoms with Crippen molar-refractivity contribution in [1.29, 1.82) is 0 Å². The van der Waals surface area contributed by atoms with Crippen molar-refractivity contribution in [2.75, 3.05) is 19.6 Å². The molecule has 0 aromatic heterocycles. The molecular formula is C12H28N4. The second kappa shape index (κ2) is 10.9. The van der Waals surface area contributed by atoms with E-state index in [4.69, 9.17) is 11.5 Å². The predicted octanol–water partition coefficient (Wildman–Crippen LogP) is 0.544. The fourth-order valence-electron chi connectivity index (χ4n) is 1.51. The molecule has 16 heavy (non-hydrogen) atoms. The van der Waals surface area contributed by atoms with Crippen molar-refractivity contribution in [3.63, 3.8) is 0 Å². The van der Waals surface area contributed by atoms with Crippen molar-refractivity contribution in [2.24, 2.45) is 11.5 Å². The fraction of sp³-hybridized carbons (Fsp3) is 0.833. The molecule has 0 unspecified atom stereocenters. The predicted molar refractivity (Wildman–Crippen MR) is 71.2 cm³/mol. The van der Waals surface area contributed by atoms with E-state index in [-0.39, 0.29) is 0 Å². The zero-order valence-corrected chi connectivity index (χ0v) is 10.7. The number of nitrogens with two attached hydrogens (primary N) is 2. The quantitative estimate of drug-likeness (QED) is 0.412. The Morgan fingerprint density at radius 3 is 2.31 bits per heavy atom. The highest BCUT2D eigenvalue weighted by Crippen LogP contribution is 1.91. The van der Waals surface area contributed by atoms with Crippen molar-refractivity contribution in [3.05, 3.63) is 12.3 Å². The van der Waals surface area contributed by atoms with Crippen LogP contribution in [0.25, 0.3) is 0 Å². The molecule has 4 nitrogen and oxygen atoms in total. The maximum atomic E-state index is 5.48. The summed E-state index contributed by atoms with van der Waals surface area (Å²) in [4.78, 5) is 0. The Bertz CT molecular complexity index is 170. The maximum absolute atomic E-state index is 5.48. The van der Waals surface area contributed by atoms with Crippen LogP contribution in [0.15, 0.2) is 12.3 Å². The Labute approximate surface area is 99.8 Å². The summed E-state index contributed by atoms with van der Waals surface area (Å²) >= 11 is 0. The molecular weight excluding hydrogens is 200 g/mol. The molecule has 0 aliphatic rings. The van der Waals surface area contributed by atoms with Gasteiger partial charge in [-0.2, -0.15) is 0 Å². The molecule has 0 heterocycles. The van der Waals surface area contributed by atoms with Crippen LogP contribution in [0.4, 0.5) is 0 Å². The van der Waals surface area contributed by atoms with Gasteiger partial charge in [0.2, 0.25) is 0 Å². The van der Waals surface area contributed by atoms with E-state index in [1.165, 1.54) is 12.8 Å². The lowest BCUT2D eigenvalue weighted by Crippen LogP contribution is -2.30. The summed E-state index contributed by atoms with van der Waals surface area (Å²) in [6.45, 7) is 7.16. The van der Waals surface area contributed by atoms with Crippen molar-refractivity contribution in [2.45, 2.75) is 45.2 Å². The lowest BCUT2D eigenvalue weighted by atomic mass is 10.2. The molecule has 0 bridgehead atoms. The van der Waals surface area contributed by atoms with Crippen LogP contribution in [-0.4, -0.2) is 31.7 Å². The van der Waals surface area contributed by atoms with Crippen LogP contribution in [0.2, 0.25) is 0 Å². The van der Waals surface area contributed by atoms with E-state index in [2.05, 4.69) is 24.5 Å². The molecule has 0 saturated carbocycles. The van der Waals surface area contributed by atoms with Gasteiger partial charge in [0, 0.05) is 12.1 Å². The molecule has 0 rings (SSSR count). The van der Waals surface area contributed by atoms with E-state index < -0.39 is 0 Å². The standard InChI is InChI=1S/C12H28N4/c1-11(5-7-13)15-9-3-4-10-16-12(2)6-8-14/h5,7,11-12,15-16H,3-4,6,8-10,13-14H2,1-2H3/t11-,12-/m1/s1. The minimum atomic E-state index is 0.370. The molecule has 4 heteroatoms. The summed E-state index contributed by atoms with van der Waals surface area (Å²) in [6.07, 6.45) is 6.98. The monoisotopic (exact) mass is 228 g/mol. The van der Waals surface area contributed by atoms with Gasteiger partial charge in [-0.05, 0) is 58.9 Å². The zero-order chi connectivity index (χ0) is 12.2. The third-order valence-corrected chi connectivity index (χ3v) is 2.56. The van der Waals surface area contributed by atoms with Crippen molar-refractivity contribution in [3.8, 4) is 0 Å². The number of hydrogen-bond donors (Lipinski definition) is 4. The summed E-state index contributed by atoms with van der Waals surface area (Å²) in [5.41, 5.74) is 10.8. The average Bonchev–Trinajstić information content (AvgIpc) is 2.24. The van der Waals surface area contributed by atoms with E-state index in [1.807, 2.05) is 6.08 Å². The highest BCUT2D eigenvalue weighted by Gasteiger charge is 1.98. The van der Waals surface area contributed by atoms with Gasteiger partial charge < -0.3 is 22.1 Å². The molecule has 0 amide bonds. The second-order valence-electron chi connectivity index (χ2n) is 4.27. The Morgan fingerprint density at radius 2 is 1.75 bits per heavy atom. The van der Waals surface area contributed by atoms with Crippen molar-refractivity contribution >= 4 is 0 Å². The van der Waals surface area contributed by atoms with Gasteiger partial charge >= 0.3 is 0 Å². The van der Waals surface area contributed by atoms with Crippen LogP contribution in [0.5, 0.6) is 0 Å². The Kier molecular flexibility index (Phi) is 10.5. The summed E-state index contributed by atoms with van der Waals surface area (Å²) < 4.78 is 0. The van der Waals surface area contributed by atoms with Crippen LogP contribution < -0.4 is 22.1 Å². The van der Waals surface area contributed by atoms with E-state index >= 15 is 0 Å². The molecule has 0 saturated heterocycles. The van der Waals surface area contributed by atoms with Gasteiger partial charge in [-0.15, -0.1) is 0 Å². The largest absolute Gasteiger partial charge is 0.405 e. The number of hydrogen-bond acceptors (Lipinski definition) is 4. The number of nitrogens with one attached hydrogen (secondary N) is 2. The van der Waals surface area contributed by atoms with Crippen LogP contribution >= 0.6 is 0 Å². The third-order valence-electron chi connectivity index (χ3n) is 2.56. The van der Waals surface area contributed by atoms with E-state index in [0.717, 1.165) is 26.1 Å². The fourth-order valence-corrected chi connectivity index (χ4v) is 1.51. The molecule has 2 atom stereocenters. The number of unbranched alkanes of at least 4 members (excludes halogenated alkanes) is 1. The van der Waals surface area contributed by atoms with Crippen molar-refractivity contribution < 1.29 is 0 Å². The SMILES string of the molecule is C[C@H](C=CN)NCCCCN[C@H](C)CCN. The van der Waals surface area contributed by atoms with Crippen molar-refractivity contribution in [1.82, 2.24) is 10.6 Å². The maximum Gasteiger partial charge on any atom is 0.0238 e. The lowest BCUT2D eigenvalue weighted by Gasteiger charge is -2.13. The van der Waals surface area contributed by atoms with E-state index in [0.29, 0.717) is 12.1 Å². The second-order valence-corrected chi connectivity index (χ2v) is 4.27. The molecule has 6 N–H and O–H groups in total. The summed E-state index contributed by atoms with van der Waals surface area (Å²) in [7, 11) is 0. The first kappa shape index (κ1) is 15.4. The van der Waals surface area contributed by atoms with Gasteiger partial charge in [-0.1, -0.05) is 6.08 Å². The molecule has 0 aromatic carbocycles. The first-order chi connectivity index (χ1) is 7.70. The summed E-state index contributed by atoms with van der Waals surface area (Å²) in [6, 6.07) is 0.908. The highest BCUT2D eigenvalue weighted by molar-refractivity contribution is 4.86. The average molecular weight is 228 g/mol. The van der Waals surface area contributed by atoms with Gasteiger partial charge in [0.05, 0.1) is 0 Å². The van der Waals surface area contributed by atoms with Crippen LogP contribution in [0.3, 0.4) is 0 Å². The lowest BCUT2D eigenvalue weighted by molar-refractivity contribution is 0.495. The molecule has 96 valence electrons. The van der Waals surface area contributed by atoms with Gasteiger partial charge in [0.1, 0.15) is 0 Å². The minimum absolute atomic E-state index is 0.370. The van der Waals surface area contributed by atoms with Gasteiger partial charge in [0.15, 0.2) is 0 Å². The zero-order valence-electron chi connectivity index (χ0n) is 10.7. The van der Waals surface area contributed by atoms with Gasteiger partial charge in [0.25, 0.3) is 0 Å². The molecule has 0 spiro atoms. The first-order valence-electron chi connectivity index (χ1n) is 6.26. The molecule has 0 aliphatic carbocycles. The Hall–Kier alpha value is -0.580. The van der Waals surface area contributed by atoms with E-state index in [9.17, 15) is 0 Å². The van der Waals surface area contributed by atoms with Gasteiger partial charge in [-0.25, -0.2) is 0 Å². The normalized spacial score (nSPS) is 15.4. The molecule has 0 fully saturated rings. The molecule has 0 aliphatic heterocycles. The van der Waals surface area contributed by atoms with Gasteiger partial charge in [-0.3, -0.25) is 0 Å². The highest BCUT2D eigenvalue weighted by atomic mass is 14.9. The van der Waals surface area contributed by atoms with Crippen LogP contribution in [-0.2, 0) is 0 Å². The molecule has 0 aromatic rings. The Balaban J connectivity index is 3.21. The Morgan fingerprint density at radius 1 is 1.12 bits per heavy atom. The third kappa shape index (κ3) is 9.96. The molecule has 0 radical (unpaired) electrons.